The van der Waals surface area contributed by atoms with Crippen LogP contribution >= 0.6 is 0 Å². The molecule has 1 aromatic rings. The van der Waals surface area contributed by atoms with Gasteiger partial charge in [0, 0.05) is 17.8 Å². The summed E-state index contributed by atoms with van der Waals surface area (Å²) in [5.74, 6) is 0.226. The molecule has 5 heteroatoms. The predicted molar refractivity (Wildman–Crippen MR) is 79.9 cm³/mol. The minimum Gasteiger partial charge on any atom is -0.481 e. The van der Waals surface area contributed by atoms with Crippen molar-refractivity contribution in [1.29, 1.82) is 0 Å². The number of nitrogens with one attached hydrogen (secondary N) is 1. The third-order valence-electron chi connectivity index (χ3n) is 3.37. The van der Waals surface area contributed by atoms with Crippen LogP contribution < -0.4 is 5.32 Å². The van der Waals surface area contributed by atoms with Crippen LogP contribution in [-0.2, 0) is 4.79 Å². The number of carboxylic acid groups (broad SMARTS) is 1. The molecule has 20 heavy (non-hydrogen) atoms. The van der Waals surface area contributed by atoms with Crippen molar-refractivity contribution in [3.63, 3.8) is 0 Å². The molecule has 2 atom stereocenters. The first-order valence-electron chi connectivity index (χ1n) is 7.21. The van der Waals surface area contributed by atoms with Gasteiger partial charge in [-0.3, -0.25) is 4.79 Å². The van der Waals surface area contributed by atoms with E-state index in [-0.39, 0.29) is 12.0 Å². The third-order valence-corrected chi connectivity index (χ3v) is 3.37. The standard InChI is InChI=1S/C15H25N3O2/c1-10(2)13-8-14(17-9-16-13)18-12(4)7-5-6-11(3)15(19)20/h8-12H,5-7H2,1-4H3,(H,19,20)(H,16,17,18). The lowest BCUT2D eigenvalue weighted by Crippen LogP contribution is -2.17. The Labute approximate surface area is 120 Å². The van der Waals surface area contributed by atoms with Crippen molar-refractivity contribution in [1.82, 2.24) is 9.97 Å². The number of hydrogen-bond donors (Lipinski definition) is 2. The smallest absolute Gasteiger partial charge is 0.306 e. The molecule has 0 bridgehead atoms. The van der Waals surface area contributed by atoms with E-state index < -0.39 is 5.97 Å². The van der Waals surface area contributed by atoms with Gasteiger partial charge in [-0.05, 0) is 25.7 Å². The average Bonchev–Trinajstić information content (AvgIpc) is 2.38. The Kier molecular flexibility index (Phi) is 6.42. The van der Waals surface area contributed by atoms with Crippen molar-refractivity contribution in [2.24, 2.45) is 5.92 Å². The maximum Gasteiger partial charge on any atom is 0.306 e. The number of nitrogens with zero attached hydrogens (tertiary/aromatic N) is 2. The van der Waals surface area contributed by atoms with E-state index in [0.29, 0.717) is 12.3 Å². The summed E-state index contributed by atoms with van der Waals surface area (Å²) >= 11 is 0. The molecule has 2 N–H and O–H groups in total. The zero-order chi connectivity index (χ0) is 15.1. The van der Waals surface area contributed by atoms with Crippen LogP contribution in [0.2, 0.25) is 0 Å². The number of aliphatic carboxylic acids is 1. The van der Waals surface area contributed by atoms with Crippen molar-refractivity contribution in [2.75, 3.05) is 5.32 Å². The largest absolute Gasteiger partial charge is 0.481 e. The minimum atomic E-state index is -0.719. The molecule has 0 spiro atoms. The van der Waals surface area contributed by atoms with Crippen LogP contribution in [0.1, 0.15) is 58.6 Å². The van der Waals surface area contributed by atoms with Crippen molar-refractivity contribution in [3.8, 4) is 0 Å². The van der Waals surface area contributed by atoms with E-state index in [4.69, 9.17) is 5.11 Å². The molecular formula is C15H25N3O2. The highest BCUT2D eigenvalue weighted by atomic mass is 16.4. The third kappa shape index (κ3) is 5.55. The molecule has 1 heterocycles. The molecule has 1 rings (SSSR count). The molecule has 0 aliphatic heterocycles. The Bertz CT molecular complexity index is 435. The Morgan fingerprint density at radius 3 is 2.55 bits per heavy atom. The van der Waals surface area contributed by atoms with Gasteiger partial charge in [-0.1, -0.05) is 27.2 Å². The molecule has 0 fully saturated rings. The van der Waals surface area contributed by atoms with Gasteiger partial charge in [0.1, 0.15) is 12.1 Å². The first-order chi connectivity index (χ1) is 9.40. The predicted octanol–water partition coefficient (Wildman–Crippen LogP) is 3.29. The minimum absolute atomic E-state index is 0.269. The average molecular weight is 279 g/mol. The summed E-state index contributed by atoms with van der Waals surface area (Å²) in [7, 11) is 0. The second kappa shape index (κ2) is 7.82. The summed E-state index contributed by atoms with van der Waals surface area (Å²) in [6.45, 7) is 8.04. The number of hydrogen-bond acceptors (Lipinski definition) is 4. The molecule has 0 amide bonds. The van der Waals surface area contributed by atoms with Gasteiger partial charge in [-0.15, -0.1) is 0 Å². The Morgan fingerprint density at radius 1 is 1.25 bits per heavy atom. The van der Waals surface area contributed by atoms with E-state index in [1.54, 1.807) is 13.3 Å². The molecule has 0 aliphatic rings. The Morgan fingerprint density at radius 2 is 1.95 bits per heavy atom. The Hall–Kier alpha value is -1.65. The molecule has 2 unspecified atom stereocenters. The van der Waals surface area contributed by atoms with E-state index in [9.17, 15) is 4.79 Å². The monoisotopic (exact) mass is 279 g/mol. The fourth-order valence-electron chi connectivity index (χ4n) is 1.95. The quantitative estimate of drug-likeness (QED) is 0.763. The first kappa shape index (κ1) is 16.4. The van der Waals surface area contributed by atoms with E-state index in [1.165, 1.54) is 0 Å². The van der Waals surface area contributed by atoms with Crippen LogP contribution in [0.15, 0.2) is 12.4 Å². The van der Waals surface area contributed by atoms with Crippen LogP contribution in [-0.4, -0.2) is 27.1 Å². The van der Waals surface area contributed by atoms with Gasteiger partial charge >= 0.3 is 5.97 Å². The summed E-state index contributed by atoms with van der Waals surface area (Å²) in [5, 5.41) is 12.2. The molecule has 0 saturated heterocycles. The number of rotatable bonds is 8. The summed E-state index contributed by atoms with van der Waals surface area (Å²) in [6, 6.07) is 2.24. The number of aromatic nitrogens is 2. The fraction of sp³-hybridized carbons (Fsp3) is 0.667. The van der Waals surface area contributed by atoms with Crippen LogP contribution in [0.4, 0.5) is 5.82 Å². The maximum atomic E-state index is 10.7. The van der Waals surface area contributed by atoms with Crippen LogP contribution in [0.25, 0.3) is 0 Å². The summed E-state index contributed by atoms with van der Waals surface area (Å²) in [5.41, 5.74) is 1.02. The summed E-state index contributed by atoms with van der Waals surface area (Å²) in [4.78, 5) is 19.2. The van der Waals surface area contributed by atoms with E-state index >= 15 is 0 Å². The highest BCUT2D eigenvalue weighted by Crippen LogP contribution is 2.16. The Balaban J connectivity index is 2.40. The van der Waals surface area contributed by atoms with Gasteiger partial charge in [0.25, 0.3) is 0 Å². The van der Waals surface area contributed by atoms with Crippen molar-refractivity contribution in [2.45, 2.75) is 58.9 Å². The van der Waals surface area contributed by atoms with E-state index in [2.05, 4.69) is 36.1 Å². The van der Waals surface area contributed by atoms with Crippen LogP contribution in [0.3, 0.4) is 0 Å². The van der Waals surface area contributed by atoms with Crippen molar-refractivity contribution in [3.05, 3.63) is 18.1 Å². The van der Waals surface area contributed by atoms with Gasteiger partial charge < -0.3 is 10.4 Å². The van der Waals surface area contributed by atoms with Crippen molar-refractivity contribution >= 4 is 11.8 Å². The summed E-state index contributed by atoms with van der Waals surface area (Å²) < 4.78 is 0. The van der Waals surface area contributed by atoms with Gasteiger partial charge in [0.2, 0.25) is 0 Å². The second-order valence-electron chi connectivity index (χ2n) is 5.70. The molecule has 0 aromatic carbocycles. The van der Waals surface area contributed by atoms with Gasteiger partial charge in [-0.2, -0.15) is 0 Å². The lowest BCUT2D eigenvalue weighted by Gasteiger charge is -2.16. The van der Waals surface area contributed by atoms with E-state index in [0.717, 1.165) is 24.4 Å². The fourth-order valence-corrected chi connectivity index (χ4v) is 1.95. The molecule has 0 saturated carbocycles. The SMILES string of the molecule is CC(CCCC(C)C(=O)O)Nc1cc(C(C)C)ncn1. The highest BCUT2D eigenvalue weighted by Gasteiger charge is 2.11. The zero-order valence-electron chi connectivity index (χ0n) is 12.8. The molecule has 112 valence electrons. The maximum absolute atomic E-state index is 10.7. The van der Waals surface area contributed by atoms with Crippen LogP contribution in [0.5, 0.6) is 0 Å². The molecule has 5 nitrogen and oxygen atoms in total. The molecular weight excluding hydrogens is 254 g/mol. The topological polar surface area (TPSA) is 75.1 Å². The number of carbonyl (C=O) groups is 1. The number of carboxylic acids is 1. The highest BCUT2D eigenvalue weighted by molar-refractivity contribution is 5.69. The van der Waals surface area contributed by atoms with Crippen molar-refractivity contribution < 1.29 is 9.90 Å². The number of anilines is 1. The zero-order valence-corrected chi connectivity index (χ0v) is 12.8. The van der Waals surface area contributed by atoms with Gasteiger partial charge in [0.15, 0.2) is 0 Å². The van der Waals surface area contributed by atoms with Crippen LogP contribution in [0, 0.1) is 5.92 Å². The normalized spacial score (nSPS) is 14.1. The first-order valence-corrected chi connectivity index (χ1v) is 7.21. The van der Waals surface area contributed by atoms with Gasteiger partial charge in [0.05, 0.1) is 5.92 Å². The lowest BCUT2D eigenvalue weighted by atomic mass is 10.0. The molecule has 1 aromatic heterocycles. The van der Waals surface area contributed by atoms with E-state index in [1.807, 2.05) is 6.07 Å². The van der Waals surface area contributed by atoms with Gasteiger partial charge in [-0.25, -0.2) is 9.97 Å². The second-order valence-corrected chi connectivity index (χ2v) is 5.70. The molecule has 0 radical (unpaired) electrons. The lowest BCUT2D eigenvalue weighted by molar-refractivity contribution is -0.141. The summed E-state index contributed by atoms with van der Waals surface area (Å²) in [6.07, 6.45) is 4.11. The molecule has 0 aliphatic carbocycles.